The summed E-state index contributed by atoms with van der Waals surface area (Å²) in [6.45, 7) is 2.05. The zero-order valence-electron chi connectivity index (χ0n) is 8.31. The number of hydrogen-bond donors (Lipinski definition) is 1. The van der Waals surface area contributed by atoms with Gasteiger partial charge in [0, 0.05) is 19.3 Å². The molecule has 76 valence electrons. The van der Waals surface area contributed by atoms with Crippen LogP contribution in [0.15, 0.2) is 18.3 Å². The van der Waals surface area contributed by atoms with Gasteiger partial charge in [0.1, 0.15) is 6.10 Å². The summed E-state index contributed by atoms with van der Waals surface area (Å²) in [5.74, 6) is 1.18. The molecule has 0 spiro atoms. The number of rotatable bonds is 2. The second-order valence-electron chi connectivity index (χ2n) is 3.68. The van der Waals surface area contributed by atoms with Crippen molar-refractivity contribution >= 4 is 5.82 Å². The van der Waals surface area contributed by atoms with Crippen LogP contribution in [0, 0.1) is 0 Å². The Labute approximate surface area is 83.7 Å². The summed E-state index contributed by atoms with van der Waals surface area (Å²) in [5, 5.41) is 0. The molecule has 1 aromatic heterocycles. The smallest absolute Gasteiger partial charge is 0.166 e. The van der Waals surface area contributed by atoms with Crippen molar-refractivity contribution in [1.82, 2.24) is 9.88 Å². The summed E-state index contributed by atoms with van der Waals surface area (Å²) < 4.78 is 5.75. The fourth-order valence-electron chi connectivity index (χ4n) is 1.67. The van der Waals surface area contributed by atoms with E-state index in [1.165, 1.54) is 0 Å². The lowest BCUT2D eigenvalue weighted by Crippen LogP contribution is -2.21. The van der Waals surface area contributed by atoms with Crippen LogP contribution in [0.25, 0.3) is 0 Å². The van der Waals surface area contributed by atoms with Crippen molar-refractivity contribution in [2.75, 3.05) is 25.9 Å². The van der Waals surface area contributed by atoms with Crippen LogP contribution in [0.2, 0.25) is 0 Å². The number of pyridine rings is 1. The van der Waals surface area contributed by atoms with Crippen molar-refractivity contribution < 1.29 is 4.74 Å². The van der Waals surface area contributed by atoms with Crippen molar-refractivity contribution in [2.45, 2.75) is 12.5 Å². The van der Waals surface area contributed by atoms with Gasteiger partial charge in [0.15, 0.2) is 11.6 Å². The molecule has 1 unspecified atom stereocenters. The first-order valence-corrected chi connectivity index (χ1v) is 4.81. The Balaban J connectivity index is 2.01. The van der Waals surface area contributed by atoms with Gasteiger partial charge in [-0.15, -0.1) is 0 Å². The summed E-state index contributed by atoms with van der Waals surface area (Å²) in [6.07, 6.45) is 2.99. The highest BCUT2D eigenvalue weighted by Gasteiger charge is 2.21. The van der Waals surface area contributed by atoms with Crippen LogP contribution in [-0.2, 0) is 0 Å². The van der Waals surface area contributed by atoms with E-state index in [0.29, 0.717) is 11.6 Å². The van der Waals surface area contributed by atoms with Crippen LogP contribution in [0.3, 0.4) is 0 Å². The molecule has 0 radical (unpaired) electrons. The molecule has 0 aromatic carbocycles. The summed E-state index contributed by atoms with van der Waals surface area (Å²) in [7, 11) is 2.09. The maximum Gasteiger partial charge on any atom is 0.166 e. The average Bonchev–Trinajstić information content (AvgIpc) is 2.56. The molecule has 0 saturated carbocycles. The van der Waals surface area contributed by atoms with Crippen LogP contribution in [-0.4, -0.2) is 36.1 Å². The standard InChI is InChI=1S/C10H15N3O/c1-13-6-4-8(7-13)14-9-3-2-5-12-10(9)11/h2-3,5,8H,4,6-7H2,1H3,(H2,11,12). The zero-order chi connectivity index (χ0) is 9.97. The molecule has 1 saturated heterocycles. The van der Waals surface area contributed by atoms with Crippen LogP contribution in [0.4, 0.5) is 5.82 Å². The largest absolute Gasteiger partial charge is 0.485 e. The Morgan fingerprint density at radius 3 is 3.14 bits per heavy atom. The number of nitrogens with two attached hydrogens (primary N) is 1. The maximum atomic E-state index is 5.75. The molecule has 4 nitrogen and oxygen atoms in total. The third-order valence-electron chi connectivity index (χ3n) is 2.44. The predicted molar refractivity (Wildman–Crippen MR) is 55.2 cm³/mol. The van der Waals surface area contributed by atoms with Gasteiger partial charge in [-0.1, -0.05) is 0 Å². The highest BCUT2D eigenvalue weighted by atomic mass is 16.5. The van der Waals surface area contributed by atoms with Crippen LogP contribution >= 0.6 is 0 Å². The minimum absolute atomic E-state index is 0.256. The Morgan fingerprint density at radius 2 is 2.50 bits per heavy atom. The molecule has 1 atom stereocenters. The third kappa shape index (κ3) is 1.96. The van der Waals surface area contributed by atoms with Gasteiger partial charge in [0.25, 0.3) is 0 Å². The van der Waals surface area contributed by atoms with E-state index in [1.54, 1.807) is 6.20 Å². The van der Waals surface area contributed by atoms with E-state index in [9.17, 15) is 0 Å². The number of aromatic nitrogens is 1. The van der Waals surface area contributed by atoms with Gasteiger partial charge in [0.05, 0.1) is 0 Å². The number of ether oxygens (including phenoxy) is 1. The molecule has 0 amide bonds. The number of likely N-dealkylation sites (tertiary alicyclic amines) is 1. The van der Waals surface area contributed by atoms with E-state index in [4.69, 9.17) is 10.5 Å². The van der Waals surface area contributed by atoms with E-state index < -0.39 is 0 Å². The SMILES string of the molecule is CN1CCC(Oc2cccnc2N)C1. The van der Waals surface area contributed by atoms with Crippen molar-refractivity contribution in [3.8, 4) is 5.75 Å². The van der Waals surface area contributed by atoms with E-state index in [1.807, 2.05) is 12.1 Å². The average molecular weight is 193 g/mol. The number of hydrogen-bond acceptors (Lipinski definition) is 4. The summed E-state index contributed by atoms with van der Waals surface area (Å²) in [4.78, 5) is 6.23. The van der Waals surface area contributed by atoms with Crippen LogP contribution in [0.5, 0.6) is 5.75 Å². The molecular weight excluding hydrogens is 178 g/mol. The number of anilines is 1. The highest BCUT2D eigenvalue weighted by molar-refractivity contribution is 5.44. The summed E-state index contributed by atoms with van der Waals surface area (Å²) in [5.41, 5.74) is 5.68. The fourth-order valence-corrected chi connectivity index (χ4v) is 1.67. The number of nitrogen functional groups attached to an aromatic ring is 1. The Kier molecular flexibility index (Phi) is 2.54. The summed E-state index contributed by atoms with van der Waals surface area (Å²) in [6, 6.07) is 3.70. The lowest BCUT2D eigenvalue weighted by molar-refractivity contribution is 0.209. The molecule has 4 heteroatoms. The Bertz CT molecular complexity index is 316. The highest BCUT2D eigenvalue weighted by Crippen LogP contribution is 2.21. The van der Waals surface area contributed by atoms with Crippen molar-refractivity contribution in [2.24, 2.45) is 0 Å². The van der Waals surface area contributed by atoms with Crippen molar-refractivity contribution in [3.63, 3.8) is 0 Å². The normalized spacial score (nSPS) is 22.5. The third-order valence-corrected chi connectivity index (χ3v) is 2.44. The van der Waals surface area contributed by atoms with Crippen LogP contribution in [0.1, 0.15) is 6.42 Å². The molecule has 14 heavy (non-hydrogen) atoms. The molecule has 1 aromatic rings. The molecule has 1 fully saturated rings. The monoisotopic (exact) mass is 193 g/mol. The molecule has 0 bridgehead atoms. The molecule has 1 aliphatic rings. The number of nitrogens with zero attached hydrogens (tertiary/aromatic N) is 2. The summed E-state index contributed by atoms with van der Waals surface area (Å²) >= 11 is 0. The van der Waals surface area contributed by atoms with Gasteiger partial charge in [-0.25, -0.2) is 4.98 Å². The zero-order valence-corrected chi connectivity index (χ0v) is 8.31. The quantitative estimate of drug-likeness (QED) is 0.753. The van der Waals surface area contributed by atoms with E-state index in [0.717, 1.165) is 19.5 Å². The molecule has 2 heterocycles. The van der Waals surface area contributed by atoms with Gasteiger partial charge in [-0.2, -0.15) is 0 Å². The number of likely N-dealkylation sites (N-methyl/N-ethyl adjacent to an activating group) is 1. The Morgan fingerprint density at radius 1 is 1.64 bits per heavy atom. The van der Waals surface area contributed by atoms with Crippen molar-refractivity contribution in [1.29, 1.82) is 0 Å². The van der Waals surface area contributed by atoms with E-state index >= 15 is 0 Å². The van der Waals surface area contributed by atoms with Gasteiger partial charge >= 0.3 is 0 Å². The van der Waals surface area contributed by atoms with Gasteiger partial charge in [-0.3, -0.25) is 0 Å². The first kappa shape index (κ1) is 9.27. The molecule has 1 aliphatic heterocycles. The minimum Gasteiger partial charge on any atom is -0.485 e. The lowest BCUT2D eigenvalue weighted by Gasteiger charge is -2.14. The topological polar surface area (TPSA) is 51.4 Å². The molecule has 2 N–H and O–H groups in total. The van der Waals surface area contributed by atoms with Gasteiger partial charge in [0.2, 0.25) is 0 Å². The second kappa shape index (κ2) is 3.84. The van der Waals surface area contributed by atoms with Crippen LogP contribution < -0.4 is 10.5 Å². The minimum atomic E-state index is 0.256. The first-order valence-electron chi connectivity index (χ1n) is 4.81. The van der Waals surface area contributed by atoms with Crippen molar-refractivity contribution in [3.05, 3.63) is 18.3 Å². The van der Waals surface area contributed by atoms with E-state index in [-0.39, 0.29) is 6.10 Å². The fraction of sp³-hybridized carbons (Fsp3) is 0.500. The second-order valence-corrected chi connectivity index (χ2v) is 3.68. The molecule has 0 aliphatic carbocycles. The first-order chi connectivity index (χ1) is 6.75. The maximum absolute atomic E-state index is 5.75. The van der Waals surface area contributed by atoms with E-state index in [2.05, 4.69) is 16.9 Å². The molecule has 2 rings (SSSR count). The Hall–Kier alpha value is -1.29. The molecular formula is C10H15N3O. The van der Waals surface area contributed by atoms with Gasteiger partial charge < -0.3 is 15.4 Å². The predicted octanol–water partition coefficient (Wildman–Crippen LogP) is 0.747. The van der Waals surface area contributed by atoms with Gasteiger partial charge in [-0.05, 0) is 25.6 Å². The lowest BCUT2D eigenvalue weighted by atomic mass is 10.3.